The maximum atomic E-state index is 12.0. The topological polar surface area (TPSA) is 90.9 Å². The lowest BCUT2D eigenvalue weighted by atomic mass is 10.1. The predicted octanol–water partition coefficient (Wildman–Crippen LogP) is 2.30. The van der Waals surface area contributed by atoms with E-state index in [1.165, 1.54) is 13.8 Å². The van der Waals surface area contributed by atoms with Crippen LogP contribution in [-0.4, -0.2) is 30.3 Å². The van der Waals surface area contributed by atoms with Gasteiger partial charge in [-0.1, -0.05) is 11.6 Å². The second kappa shape index (κ2) is 6.74. The van der Waals surface area contributed by atoms with E-state index in [-0.39, 0.29) is 12.2 Å². The van der Waals surface area contributed by atoms with Crippen molar-refractivity contribution in [2.45, 2.75) is 33.5 Å². The van der Waals surface area contributed by atoms with Crippen LogP contribution in [0.3, 0.4) is 0 Å². The predicted molar refractivity (Wildman–Crippen MR) is 85.1 cm³/mol. The molecule has 1 N–H and O–H groups in total. The van der Waals surface area contributed by atoms with E-state index in [4.69, 9.17) is 14.2 Å². The fourth-order valence-electron chi connectivity index (χ4n) is 2.09. The molecule has 0 radical (unpaired) electrons. The zero-order chi connectivity index (χ0) is 17.9. The monoisotopic (exact) mass is 333 g/mol. The first kappa shape index (κ1) is 17.5. The van der Waals surface area contributed by atoms with Gasteiger partial charge in [0, 0.05) is 20.0 Å². The number of aryl methyl sites for hydroxylation is 1. The Morgan fingerprint density at radius 1 is 1.25 bits per heavy atom. The molecule has 1 aromatic rings. The van der Waals surface area contributed by atoms with E-state index in [0.29, 0.717) is 11.3 Å². The van der Waals surface area contributed by atoms with Crippen LogP contribution in [0.25, 0.3) is 0 Å². The van der Waals surface area contributed by atoms with Crippen molar-refractivity contribution in [3.05, 3.63) is 41.1 Å². The highest BCUT2D eigenvalue weighted by molar-refractivity contribution is 6.15. The van der Waals surface area contributed by atoms with Crippen molar-refractivity contribution >= 4 is 23.6 Å². The number of hydrogen-bond donors (Lipinski definition) is 1. The van der Waals surface area contributed by atoms with Crippen LogP contribution < -0.4 is 5.32 Å². The number of cyclic esters (lactones) is 2. The minimum absolute atomic E-state index is 0.237. The SMILES string of the molecule is CCOC(=O)c1cc(C)ccc1NC=C1C(=O)OC(C)(C)OC1=O. The Bertz CT molecular complexity index is 698. The average molecular weight is 333 g/mol. The largest absolute Gasteiger partial charge is 0.462 e. The minimum atomic E-state index is -1.30. The molecule has 1 fully saturated rings. The number of hydrogen-bond acceptors (Lipinski definition) is 7. The van der Waals surface area contributed by atoms with Gasteiger partial charge in [-0.25, -0.2) is 14.4 Å². The van der Waals surface area contributed by atoms with Gasteiger partial charge in [0.15, 0.2) is 5.57 Å². The highest BCUT2D eigenvalue weighted by Crippen LogP contribution is 2.24. The molecule has 7 nitrogen and oxygen atoms in total. The Balaban J connectivity index is 2.27. The van der Waals surface area contributed by atoms with Crippen molar-refractivity contribution in [1.82, 2.24) is 0 Å². The number of carbonyl (C=O) groups excluding carboxylic acids is 3. The standard InChI is InChI=1S/C17H19NO6/c1-5-22-14(19)11-8-10(2)6-7-13(11)18-9-12-15(20)23-17(3,4)24-16(12)21/h6-9,18H,5H2,1-4H3. The van der Waals surface area contributed by atoms with Gasteiger partial charge in [-0.05, 0) is 26.0 Å². The van der Waals surface area contributed by atoms with Crippen molar-refractivity contribution in [3.63, 3.8) is 0 Å². The number of esters is 3. The maximum Gasteiger partial charge on any atom is 0.350 e. The lowest BCUT2D eigenvalue weighted by molar-refractivity contribution is -0.222. The summed E-state index contributed by atoms with van der Waals surface area (Å²) in [6, 6.07) is 5.09. The molecule has 1 saturated heterocycles. The molecule has 7 heteroatoms. The van der Waals surface area contributed by atoms with E-state index < -0.39 is 23.7 Å². The Labute approximate surface area is 139 Å². The summed E-state index contributed by atoms with van der Waals surface area (Å²) in [5, 5.41) is 2.77. The number of nitrogens with one attached hydrogen (secondary N) is 1. The summed E-state index contributed by atoms with van der Waals surface area (Å²) in [6.45, 7) is 6.71. The highest BCUT2D eigenvalue weighted by Gasteiger charge is 2.39. The number of ether oxygens (including phenoxy) is 3. The molecular formula is C17H19NO6. The van der Waals surface area contributed by atoms with E-state index in [2.05, 4.69) is 5.32 Å². The summed E-state index contributed by atoms with van der Waals surface area (Å²) < 4.78 is 15.0. The van der Waals surface area contributed by atoms with E-state index in [1.54, 1.807) is 25.1 Å². The molecular weight excluding hydrogens is 314 g/mol. The zero-order valence-corrected chi connectivity index (χ0v) is 14.0. The van der Waals surface area contributed by atoms with E-state index in [1.807, 2.05) is 6.92 Å². The number of carbonyl (C=O) groups is 3. The molecule has 1 aromatic carbocycles. The normalized spacial score (nSPS) is 16.1. The minimum Gasteiger partial charge on any atom is -0.462 e. The molecule has 1 aliphatic heterocycles. The van der Waals surface area contributed by atoms with Gasteiger partial charge >= 0.3 is 17.9 Å². The van der Waals surface area contributed by atoms with Crippen LogP contribution in [0.15, 0.2) is 30.0 Å². The molecule has 0 aliphatic carbocycles. The Morgan fingerprint density at radius 2 is 1.88 bits per heavy atom. The van der Waals surface area contributed by atoms with Gasteiger partial charge in [0.1, 0.15) is 0 Å². The van der Waals surface area contributed by atoms with E-state index >= 15 is 0 Å². The number of anilines is 1. The summed E-state index contributed by atoms with van der Waals surface area (Å²) in [5.41, 5.74) is 1.28. The van der Waals surface area contributed by atoms with Crippen molar-refractivity contribution < 1.29 is 28.6 Å². The third-order valence-corrected chi connectivity index (χ3v) is 3.16. The fourth-order valence-corrected chi connectivity index (χ4v) is 2.09. The molecule has 1 heterocycles. The van der Waals surface area contributed by atoms with E-state index in [0.717, 1.165) is 11.8 Å². The summed E-state index contributed by atoms with van der Waals surface area (Å²) in [7, 11) is 0. The third kappa shape index (κ3) is 3.92. The molecule has 0 saturated carbocycles. The number of rotatable bonds is 4. The van der Waals surface area contributed by atoms with E-state index in [9.17, 15) is 14.4 Å². The second-order valence-corrected chi connectivity index (χ2v) is 5.65. The lowest BCUT2D eigenvalue weighted by Crippen LogP contribution is -2.42. The van der Waals surface area contributed by atoms with Crippen molar-refractivity contribution in [3.8, 4) is 0 Å². The summed E-state index contributed by atoms with van der Waals surface area (Å²) in [6.07, 6.45) is 1.16. The molecule has 0 bridgehead atoms. The van der Waals surface area contributed by atoms with Gasteiger partial charge in [0.25, 0.3) is 5.79 Å². The lowest BCUT2D eigenvalue weighted by Gasteiger charge is -2.29. The molecule has 0 amide bonds. The molecule has 2 rings (SSSR count). The molecule has 24 heavy (non-hydrogen) atoms. The first-order valence-corrected chi connectivity index (χ1v) is 7.44. The van der Waals surface area contributed by atoms with Crippen LogP contribution in [0.2, 0.25) is 0 Å². The number of benzene rings is 1. The highest BCUT2D eigenvalue weighted by atomic mass is 16.7. The van der Waals surface area contributed by atoms with Crippen LogP contribution in [-0.2, 0) is 23.8 Å². The maximum absolute atomic E-state index is 12.0. The van der Waals surface area contributed by atoms with Gasteiger partial charge < -0.3 is 19.5 Å². The van der Waals surface area contributed by atoms with Crippen molar-refractivity contribution in [2.75, 3.05) is 11.9 Å². The molecule has 0 atom stereocenters. The fraction of sp³-hybridized carbons (Fsp3) is 0.353. The summed E-state index contributed by atoms with van der Waals surface area (Å²) >= 11 is 0. The Morgan fingerprint density at radius 3 is 2.46 bits per heavy atom. The quantitative estimate of drug-likeness (QED) is 0.513. The van der Waals surface area contributed by atoms with Gasteiger partial charge in [0.2, 0.25) is 0 Å². The molecule has 0 aromatic heterocycles. The first-order valence-electron chi connectivity index (χ1n) is 7.44. The van der Waals surface area contributed by atoms with Crippen LogP contribution in [0.5, 0.6) is 0 Å². The second-order valence-electron chi connectivity index (χ2n) is 5.65. The van der Waals surface area contributed by atoms with Crippen LogP contribution >= 0.6 is 0 Å². The zero-order valence-electron chi connectivity index (χ0n) is 14.0. The molecule has 0 unspecified atom stereocenters. The van der Waals surface area contributed by atoms with Crippen molar-refractivity contribution in [1.29, 1.82) is 0 Å². The third-order valence-electron chi connectivity index (χ3n) is 3.16. The van der Waals surface area contributed by atoms with Gasteiger partial charge in [-0.2, -0.15) is 0 Å². The van der Waals surface area contributed by atoms with Crippen LogP contribution in [0, 0.1) is 6.92 Å². The first-order chi connectivity index (χ1) is 11.2. The van der Waals surface area contributed by atoms with Gasteiger partial charge in [0.05, 0.1) is 17.9 Å². The smallest absolute Gasteiger partial charge is 0.350 e. The van der Waals surface area contributed by atoms with Gasteiger partial charge in [-0.3, -0.25) is 0 Å². The Hall–Kier alpha value is -2.83. The molecule has 0 spiro atoms. The average Bonchev–Trinajstić information content (AvgIpc) is 2.46. The Kier molecular flexibility index (Phi) is 4.92. The molecule has 128 valence electrons. The molecule has 1 aliphatic rings. The van der Waals surface area contributed by atoms with Crippen LogP contribution in [0.4, 0.5) is 5.69 Å². The van der Waals surface area contributed by atoms with Crippen molar-refractivity contribution in [2.24, 2.45) is 0 Å². The van der Waals surface area contributed by atoms with Gasteiger partial charge in [-0.15, -0.1) is 0 Å². The summed E-state index contributed by atoms with van der Waals surface area (Å²) in [4.78, 5) is 35.8. The summed E-state index contributed by atoms with van der Waals surface area (Å²) in [5.74, 6) is -3.40. The van der Waals surface area contributed by atoms with Crippen LogP contribution in [0.1, 0.15) is 36.7 Å².